The molecule has 0 N–H and O–H groups in total. The predicted molar refractivity (Wildman–Crippen MR) is 61.6 cm³/mol. The first kappa shape index (κ1) is 9.41. The number of rotatable bonds is 2. The molecule has 0 saturated carbocycles. The molecule has 14 heavy (non-hydrogen) atoms. The van der Waals surface area contributed by atoms with Crippen LogP contribution >= 0.6 is 11.3 Å². The molecule has 0 bridgehead atoms. The predicted octanol–water partition coefficient (Wildman–Crippen LogP) is 3.93. The van der Waals surface area contributed by atoms with E-state index in [2.05, 4.69) is 48.5 Å². The minimum absolute atomic E-state index is 0.577. The molecule has 0 aliphatic carbocycles. The normalized spacial score (nSPS) is 10.8. The van der Waals surface area contributed by atoms with E-state index in [0.29, 0.717) is 5.92 Å². The molecular formula is C12H13NS. The molecule has 0 atom stereocenters. The minimum Gasteiger partial charge on any atom is -0.245 e. The van der Waals surface area contributed by atoms with Crippen LogP contribution in [0.15, 0.2) is 35.2 Å². The molecule has 0 fully saturated rings. The summed E-state index contributed by atoms with van der Waals surface area (Å²) in [6.07, 6.45) is 0. The van der Waals surface area contributed by atoms with Crippen molar-refractivity contribution in [1.29, 1.82) is 0 Å². The van der Waals surface area contributed by atoms with E-state index in [0.717, 1.165) is 5.69 Å². The molecule has 2 heteroatoms. The SMILES string of the molecule is CC(C)c1cccc(-c2cscn2)c1. The lowest BCUT2D eigenvalue weighted by molar-refractivity contribution is 0.867. The van der Waals surface area contributed by atoms with E-state index in [1.165, 1.54) is 11.1 Å². The molecule has 1 nitrogen and oxygen atoms in total. The van der Waals surface area contributed by atoms with E-state index >= 15 is 0 Å². The smallest absolute Gasteiger partial charge is 0.0811 e. The summed E-state index contributed by atoms with van der Waals surface area (Å²) in [7, 11) is 0. The van der Waals surface area contributed by atoms with E-state index in [9.17, 15) is 0 Å². The fourth-order valence-electron chi connectivity index (χ4n) is 1.41. The Labute approximate surface area is 88.4 Å². The Morgan fingerprint density at radius 1 is 1.29 bits per heavy atom. The van der Waals surface area contributed by atoms with Gasteiger partial charge in [0.25, 0.3) is 0 Å². The average molecular weight is 203 g/mol. The van der Waals surface area contributed by atoms with Gasteiger partial charge in [0.1, 0.15) is 0 Å². The molecule has 0 radical (unpaired) electrons. The summed E-state index contributed by atoms with van der Waals surface area (Å²) in [6.45, 7) is 4.42. The van der Waals surface area contributed by atoms with Gasteiger partial charge in [-0.1, -0.05) is 32.0 Å². The Kier molecular flexibility index (Phi) is 2.64. The van der Waals surface area contributed by atoms with E-state index in [-0.39, 0.29) is 0 Å². The second-order valence-corrected chi connectivity index (χ2v) is 4.37. The highest BCUT2D eigenvalue weighted by Crippen LogP contribution is 2.23. The lowest BCUT2D eigenvalue weighted by Gasteiger charge is -2.06. The van der Waals surface area contributed by atoms with Gasteiger partial charge in [-0.25, -0.2) is 4.98 Å². The maximum absolute atomic E-state index is 4.31. The van der Waals surface area contributed by atoms with Crippen LogP contribution in [0, 0.1) is 0 Å². The third kappa shape index (κ3) is 1.85. The van der Waals surface area contributed by atoms with Gasteiger partial charge in [0, 0.05) is 10.9 Å². The number of benzene rings is 1. The molecule has 2 aromatic rings. The lowest BCUT2D eigenvalue weighted by atomic mass is 10.0. The van der Waals surface area contributed by atoms with Crippen LogP contribution in [0.2, 0.25) is 0 Å². The maximum Gasteiger partial charge on any atom is 0.0811 e. The Bertz CT molecular complexity index is 404. The Morgan fingerprint density at radius 2 is 2.14 bits per heavy atom. The Hall–Kier alpha value is -1.15. The van der Waals surface area contributed by atoms with E-state index in [1.54, 1.807) is 11.3 Å². The molecule has 0 amide bonds. The van der Waals surface area contributed by atoms with Gasteiger partial charge in [0.15, 0.2) is 0 Å². The van der Waals surface area contributed by atoms with Gasteiger partial charge >= 0.3 is 0 Å². The van der Waals surface area contributed by atoms with Gasteiger partial charge < -0.3 is 0 Å². The second kappa shape index (κ2) is 3.93. The number of hydrogen-bond acceptors (Lipinski definition) is 2. The van der Waals surface area contributed by atoms with E-state index < -0.39 is 0 Å². The van der Waals surface area contributed by atoms with Crippen LogP contribution in [0.3, 0.4) is 0 Å². The summed E-state index contributed by atoms with van der Waals surface area (Å²) < 4.78 is 0. The molecule has 0 aliphatic rings. The molecule has 2 rings (SSSR count). The average Bonchev–Trinajstić information content (AvgIpc) is 2.71. The summed E-state index contributed by atoms with van der Waals surface area (Å²) in [6, 6.07) is 8.60. The Balaban J connectivity index is 2.41. The molecule has 1 aromatic heterocycles. The quantitative estimate of drug-likeness (QED) is 0.720. The molecule has 1 aromatic carbocycles. The van der Waals surface area contributed by atoms with Gasteiger partial charge in [0.05, 0.1) is 11.2 Å². The van der Waals surface area contributed by atoms with Gasteiger partial charge in [-0.3, -0.25) is 0 Å². The van der Waals surface area contributed by atoms with Crippen molar-refractivity contribution in [1.82, 2.24) is 4.98 Å². The summed E-state index contributed by atoms with van der Waals surface area (Å²) in [5.41, 5.74) is 5.54. The van der Waals surface area contributed by atoms with Gasteiger partial charge in [-0.2, -0.15) is 0 Å². The van der Waals surface area contributed by atoms with Crippen molar-refractivity contribution < 1.29 is 0 Å². The minimum atomic E-state index is 0.577. The molecule has 1 heterocycles. The first-order valence-corrected chi connectivity index (χ1v) is 5.70. The number of nitrogens with zero attached hydrogens (tertiary/aromatic N) is 1. The number of thiazole rings is 1. The summed E-state index contributed by atoms with van der Waals surface area (Å²) in [5, 5.41) is 2.08. The topological polar surface area (TPSA) is 12.9 Å². The van der Waals surface area contributed by atoms with Gasteiger partial charge in [0.2, 0.25) is 0 Å². The van der Waals surface area contributed by atoms with Crippen molar-refractivity contribution in [3.8, 4) is 11.3 Å². The zero-order valence-electron chi connectivity index (χ0n) is 8.40. The van der Waals surface area contributed by atoms with Crippen molar-refractivity contribution in [3.63, 3.8) is 0 Å². The summed E-state index contributed by atoms with van der Waals surface area (Å²) in [5.74, 6) is 0.577. The van der Waals surface area contributed by atoms with Gasteiger partial charge in [-0.05, 0) is 17.5 Å². The number of hydrogen-bond donors (Lipinski definition) is 0. The summed E-state index contributed by atoms with van der Waals surface area (Å²) >= 11 is 1.64. The first-order chi connectivity index (χ1) is 6.77. The molecule has 72 valence electrons. The van der Waals surface area contributed by atoms with Crippen LogP contribution in [-0.2, 0) is 0 Å². The fraction of sp³-hybridized carbons (Fsp3) is 0.250. The zero-order chi connectivity index (χ0) is 9.97. The third-order valence-electron chi connectivity index (χ3n) is 2.28. The highest BCUT2D eigenvalue weighted by Gasteiger charge is 2.02. The monoisotopic (exact) mass is 203 g/mol. The molecule has 0 unspecified atom stereocenters. The van der Waals surface area contributed by atoms with E-state index in [4.69, 9.17) is 0 Å². The second-order valence-electron chi connectivity index (χ2n) is 3.65. The lowest BCUT2D eigenvalue weighted by Crippen LogP contribution is -1.87. The highest BCUT2D eigenvalue weighted by molar-refractivity contribution is 7.07. The molecule has 0 spiro atoms. The van der Waals surface area contributed by atoms with Crippen molar-refractivity contribution in [3.05, 3.63) is 40.7 Å². The van der Waals surface area contributed by atoms with Crippen LogP contribution in [0.4, 0.5) is 0 Å². The maximum atomic E-state index is 4.31. The van der Waals surface area contributed by atoms with Crippen molar-refractivity contribution >= 4 is 11.3 Å². The molecule has 0 saturated heterocycles. The summed E-state index contributed by atoms with van der Waals surface area (Å²) in [4.78, 5) is 4.31. The van der Waals surface area contributed by atoms with Crippen molar-refractivity contribution in [2.75, 3.05) is 0 Å². The third-order valence-corrected chi connectivity index (χ3v) is 2.87. The van der Waals surface area contributed by atoms with Crippen LogP contribution in [0.25, 0.3) is 11.3 Å². The largest absolute Gasteiger partial charge is 0.245 e. The van der Waals surface area contributed by atoms with Crippen molar-refractivity contribution in [2.45, 2.75) is 19.8 Å². The van der Waals surface area contributed by atoms with Crippen LogP contribution in [-0.4, -0.2) is 4.98 Å². The first-order valence-electron chi connectivity index (χ1n) is 4.76. The van der Waals surface area contributed by atoms with Gasteiger partial charge in [-0.15, -0.1) is 11.3 Å². The Morgan fingerprint density at radius 3 is 2.79 bits per heavy atom. The van der Waals surface area contributed by atoms with Crippen LogP contribution in [0.1, 0.15) is 25.3 Å². The number of aromatic nitrogens is 1. The molecule has 0 aliphatic heterocycles. The van der Waals surface area contributed by atoms with Crippen LogP contribution in [0.5, 0.6) is 0 Å². The molecular weight excluding hydrogens is 190 g/mol. The van der Waals surface area contributed by atoms with Crippen LogP contribution < -0.4 is 0 Å². The fourth-order valence-corrected chi connectivity index (χ4v) is 1.97. The van der Waals surface area contributed by atoms with Crippen molar-refractivity contribution in [2.24, 2.45) is 0 Å². The highest BCUT2D eigenvalue weighted by atomic mass is 32.1. The van der Waals surface area contributed by atoms with E-state index in [1.807, 2.05) is 5.51 Å². The standard InChI is InChI=1S/C12H13NS/c1-9(2)10-4-3-5-11(6-10)12-7-14-8-13-12/h3-9H,1-2H3. The zero-order valence-corrected chi connectivity index (χ0v) is 9.21.